The number of carboxylic acid groups (broad SMARTS) is 1. The molecule has 0 heterocycles. The van der Waals surface area contributed by atoms with Gasteiger partial charge in [0.25, 0.3) is 0 Å². The molecule has 4 aliphatic carbocycles. The lowest BCUT2D eigenvalue weighted by atomic mass is 9.39. The molecule has 0 radical (unpaired) electrons. The molecule has 0 spiro atoms. The molecule has 0 aromatic rings. The fourth-order valence-corrected chi connectivity index (χ4v) is 9.54. The molecule has 0 saturated heterocycles. The third-order valence-corrected chi connectivity index (χ3v) is 11.8. The van der Waals surface area contributed by atoms with Crippen molar-refractivity contribution < 1.29 is 9.90 Å². The van der Waals surface area contributed by atoms with Crippen LogP contribution in [0.3, 0.4) is 0 Å². The van der Waals surface area contributed by atoms with E-state index >= 15 is 0 Å². The van der Waals surface area contributed by atoms with Crippen LogP contribution >= 0.6 is 0 Å². The van der Waals surface area contributed by atoms with Gasteiger partial charge in [-0.1, -0.05) is 65.7 Å². The van der Waals surface area contributed by atoms with Gasteiger partial charge in [0.2, 0.25) is 0 Å². The highest BCUT2D eigenvalue weighted by Crippen LogP contribution is 2.74. The Morgan fingerprint density at radius 3 is 2.50 bits per heavy atom. The lowest BCUT2D eigenvalue weighted by molar-refractivity contribution is -0.140. The van der Waals surface area contributed by atoms with Gasteiger partial charge < -0.3 is 5.11 Å². The van der Waals surface area contributed by atoms with Gasteiger partial charge in [0.05, 0.1) is 0 Å². The van der Waals surface area contributed by atoms with Crippen LogP contribution in [0.5, 0.6) is 0 Å². The van der Waals surface area contributed by atoms with Crippen LogP contribution in [0.25, 0.3) is 0 Å². The van der Waals surface area contributed by atoms with Gasteiger partial charge in [-0.15, -0.1) is 0 Å². The molecule has 4 aliphatic rings. The first-order valence-corrected chi connectivity index (χ1v) is 13.5. The number of hydrogen-bond donors (Lipinski definition) is 1. The van der Waals surface area contributed by atoms with E-state index in [4.69, 9.17) is 5.11 Å². The Hall–Kier alpha value is -1.05. The van der Waals surface area contributed by atoms with Crippen LogP contribution in [0.1, 0.15) is 113 Å². The van der Waals surface area contributed by atoms with Crippen molar-refractivity contribution in [1.82, 2.24) is 0 Å². The van der Waals surface area contributed by atoms with E-state index in [1.165, 1.54) is 51.4 Å². The number of fused-ring (bicyclic) bond motifs is 5. The summed E-state index contributed by atoms with van der Waals surface area (Å²) in [6, 6.07) is 0. The molecule has 3 saturated carbocycles. The molecule has 2 nitrogen and oxygen atoms in total. The van der Waals surface area contributed by atoms with Crippen molar-refractivity contribution >= 4 is 5.97 Å². The molecule has 2 heteroatoms. The fraction of sp³-hybridized carbons (Fsp3) is 0.833. The van der Waals surface area contributed by atoms with E-state index in [1.54, 1.807) is 12.5 Å². The highest BCUT2D eigenvalue weighted by molar-refractivity contribution is 5.85. The summed E-state index contributed by atoms with van der Waals surface area (Å²) in [7, 11) is 0. The van der Waals surface area contributed by atoms with E-state index in [2.05, 4.69) is 47.6 Å². The molecule has 180 valence electrons. The molecule has 0 aliphatic heterocycles. The largest absolute Gasteiger partial charge is 0.478 e. The first kappa shape index (κ1) is 24.1. The predicted molar refractivity (Wildman–Crippen MR) is 133 cm³/mol. The van der Waals surface area contributed by atoms with Crippen molar-refractivity contribution in [2.45, 2.75) is 113 Å². The van der Waals surface area contributed by atoms with Gasteiger partial charge in [0.15, 0.2) is 0 Å². The molecule has 0 aromatic heterocycles. The van der Waals surface area contributed by atoms with Gasteiger partial charge >= 0.3 is 5.97 Å². The van der Waals surface area contributed by atoms with Crippen molar-refractivity contribution in [3.05, 3.63) is 23.3 Å². The van der Waals surface area contributed by atoms with Crippen LogP contribution in [0, 0.1) is 45.3 Å². The third-order valence-electron chi connectivity index (χ3n) is 11.8. The summed E-state index contributed by atoms with van der Waals surface area (Å²) in [6.07, 6.45) is 17.6. The van der Waals surface area contributed by atoms with Crippen LogP contribution in [-0.2, 0) is 4.79 Å². The quantitative estimate of drug-likeness (QED) is 0.344. The second kappa shape index (κ2) is 8.02. The molecule has 0 bridgehead atoms. The minimum Gasteiger partial charge on any atom is -0.478 e. The Kier molecular flexibility index (Phi) is 6.04. The van der Waals surface area contributed by atoms with E-state index < -0.39 is 5.97 Å². The minimum atomic E-state index is -0.778. The number of hydrogen-bond acceptors (Lipinski definition) is 1. The second-order valence-electron chi connectivity index (χ2n) is 13.5. The number of carbonyl (C=O) groups is 1. The van der Waals surface area contributed by atoms with Gasteiger partial charge in [-0.25, -0.2) is 4.79 Å². The second-order valence-corrected chi connectivity index (χ2v) is 13.5. The molecule has 1 N–H and O–H groups in total. The molecule has 7 atom stereocenters. The van der Waals surface area contributed by atoms with E-state index in [1.807, 2.05) is 6.08 Å². The maximum atomic E-state index is 11.1. The number of aliphatic carboxylic acids is 1. The summed E-state index contributed by atoms with van der Waals surface area (Å²) >= 11 is 0. The van der Waals surface area contributed by atoms with Gasteiger partial charge in [-0.3, -0.25) is 0 Å². The SMILES string of the molecule is CC(=CCCC(C)C1CCC2(C)C3CC=C4C(CCCC4(C)C)C3(C)CCC12C)C(=O)O. The summed E-state index contributed by atoms with van der Waals surface area (Å²) < 4.78 is 0. The molecular formula is C30H48O2. The van der Waals surface area contributed by atoms with Crippen LogP contribution in [0.4, 0.5) is 0 Å². The zero-order valence-electron chi connectivity index (χ0n) is 21.9. The highest BCUT2D eigenvalue weighted by atomic mass is 16.4. The normalized spacial score (nSPS) is 44.2. The van der Waals surface area contributed by atoms with Gasteiger partial charge in [0.1, 0.15) is 0 Å². The van der Waals surface area contributed by atoms with E-state index in [0.29, 0.717) is 33.2 Å². The molecule has 7 unspecified atom stereocenters. The molecule has 3 fully saturated rings. The van der Waals surface area contributed by atoms with Crippen LogP contribution in [0.15, 0.2) is 23.3 Å². The molecule has 0 amide bonds. The zero-order chi connectivity index (χ0) is 23.5. The van der Waals surface area contributed by atoms with Crippen molar-refractivity contribution in [1.29, 1.82) is 0 Å². The van der Waals surface area contributed by atoms with Crippen LogP contribution in [-0.4, -0.2) is 11.1 Å². The topological polar surface area (TPSA) is 37.3 Å². The Labute approximate surface area is 197 Å². The molecule has 32 heavy (non-hydrogen) atoms. The van der Waals surface area contributed by atoms with Gasteiger partial charge in [-0.05, 0) is 110 Å². The average Bonchev–Trinajstić information content (AvgIpc) is 2.99. The minimum absolute atomic E-state index is 0.396. The average molecular weight is 441 g/mol. The van der Waals surface area contributed by atoms with Crippen LogP contribution < -0.4 is 0 Å². The Morgan fingerprint density at radius 1 is 1.09 bits per heavy atom. The lowest BCUT2D eigenvalue weighted by Gasteiger charge is -2.65. The first-order chi connectivity index (χ1) is 14.9. The predicted octanol–water partition coefficient (Wildman–Crippen LogP) is 8.43. The van der Waals surface area contributed by atoms with Crippen molar-refractivity contribution in [2.75, 3.05) is 0 Å². The maximum absolute atomic E-state index is 11.1. The smallest absolute Gasteiger partial charge is 0.330 e. The summed E-state index contributed by atoms with van der Waals surface area (Å²) in [5.74, 6) is 2.26. The lowest BCUT2D eigenvalue weighted by Crippen LogP contribution is -2.58. The van der Waals surface area contributed by atoms with E-state index in [9.17, 15) is 4.79 Å². The summed E-state index contributed by atoms with van der Waals surface area (Å²) in [5.41, 5.74) is 4.00. The standard InChI is InChI=1S/C30H48O2/c1-20(10-8-11-21(2)26(31)32)22-15-17-30(7)25-14-13-23-24(12-9-16-27(23,3)4)28(25,5)18-19-29(22,30)6/h11,13,20,22,24-25H,8-10,12,14-19H2,1-7H3,(H,31,32). The third kappa shape index (κ3) is 3.45. The molecule has 4 rings (SSSR count). The highest BCUT2D eigenvalue weighted by Gasteiger charge is 2.66. The Balaban J connectivity index is 1.57. The van der Waals surface area contributed by atoms with Gasteiger partial charge in [0, 0.05) is 5.57 Å². The van der Waals surface area contributed by atoms with Crippen molar-refractivity contribution in [3.63, 3.8) is 0 Å². The fourth-order valence-electron chi connectivity index (χ4n) is 9.54. The van der Waals surface area contributed by atoms with Crippen molar-refractivity contribution in [2.24, 2.45) is 45.3 Å². The van der Waals surface area contributed by atoms with Crippen LogP contribution in [0.2, 0.25) is 0 Å². The summed E-state index contributed by atoms with van der Waals surface area (Å²) in [5, 5.41) is 9.16. The molecule has 0 aromatic carbocycles. The molecular weight excluding hydrogens is 392 g/mol. The monoisotopic (exact) mass is 440 g/mol. The summed E-state index contributed by atoms with van der Waals surface area (Å²) in [6.45, 7) is 17.2. The Bertz CT molecular complexity index is 819. The first-order valence-electron chi connectivity index (χ1n) is 13.5. The van der Waals surface area contributed by atoms with E-state index in [-0.39, 0.29) is 0 Å². The maximum Gasteiger partial charge on any atom is 0.330 e. The number of allylic oxidation sites excluding steroid dienone is 3. The zero-order valence-corrected chi connectivity index (χ0v) is 21.9. The Morgan fingerprint density at radius 2 is 1.81 bits per heavy atom. The number of rotatable bonds is 5. The van der Waals surface area contributed by atoms with Gasteiger partial charge in [-0.2, -0.15) is 0 Å². The van der Waals surface area contributed by atoms with Crippen molar-refractivity contribution in [3.8, 4) is 0 Å². The summed E-state index contributed by atoms with van der Waals surface area (Å²) in [4.78, 5) is 11.1. The van der Waals surface area contributed by atoms with E-state index in [0.717, 1.165) is 30.6 Å². The number of carboxylic acids is 1.